The molecule has 2 atom stereocenters. The maximum absolute atomic E-state index is 13.7. The molecular weight excluding hydrogens is 291 g/mol. The van der Waals surface area contributed by atoms with E-state index in [9.17, 15) is 21.6 Å². The summed E-state index contributed by atoms with van der Waals surface area (Å²) < 4.78 is 65.6. The van der Waals surface area contributed by atoms with Gasteiger partial charge in [0.1, 0.15) is 4.90 Å². The highest BCUT2D eigenvalue weighted by Gasteiger charge is 2.34. The molecule has 0 saturated carbocycles. The average molecular weight is 307 g/mol. The van der Waals surface area contributed by atoms with Gasteiger partial charge in [0, 0.05) is 13.1 Å². The molecule has 1 heterocycles. The zero-order valence-electron chi connectivity index (χ0n) is 11.2. The molecule has 0 N–H and O–H groups in total. The lowest BCUT2D eigenvalue weighted by Crippen LogP contribution is -2.42. The van der Waals surface area contributed by atoms with Gasteiger partial charge in [0.05, 0.1) is 0 Å². The molecule has 112 valence electrons. The summed E-state index contributed by atoms with van der Waals surface area (Å²) in [5, 5.41) is 0. The van der Waals surface area contributed by atoms with Crippen LogP contribution in [0.2, 0.25) is 0 Å². The summed E-state index contributed by atoms with van der Waals surface area (Å²) in [7, 11) is -4.15. The summed E-state index contributed by atoms with van der Waals surface area (Å²) in [6, 6.07) is 1.40. The number of piperidine rings is 1. The van der Waals surface area contributed by atoms with Crippen LogP contribution in [0.25, 0.3) is 0 Å². The molecule has 7 heteroatoms. The van der Waals surface area contributed by atoms with Crippen molar-refractivity contribution in [3.8, 4) is 0 Å². The molecule has 1 aliphatic heterocycles. The first-order valence-electron chi connectivity index (χ1n) is 6.37. The number of rotatable bonds is 2. The molecule has 1 fully saturated rings. The predicted molar refractivity (Wildman–Crippen MR) is 68.0 cm³/mol. The summed E-state index contributed by atoms with van der Waals surface area (Å²) in [5.74, 6) is -4.54. The first-order chi connectivity index (χ1) is 9.23. The normalized spacial score (nSPS) is 24.9. The molecule has 1 saturated heterocycles. The topological polar surface area (TPSA) is 37.4 Å². The van der Waals surface area contributed by atoms with Crippen LogP contribution in [-0.2, 0) is 10.0 Å². The standard InChI is InChI=1S/C13H16F3NO2S/c1-8-5-9(2)7-17(6-8)20(18,19)11-4-3-10(14)12(15)13(11)16/h3-4,8-9H,5-7H2,1-2H3/t8-,9+. The lowest BCUT2D eigenvalue weighted by Gasteiger charge is -2.34. The molecule has 0 bridgehead atoms. The molecule has 0 unspecified atom stereocenters. The highest BCUT2D eigenvalue weighted by Crippen LogP contribution is 2.28. The van der Waals surface area contributed by atoms with Gasteiger partial charge < -0.3 is 0 Å². The fourth-order valence-electron chi connectivity index (χ4n) is 2.65. The Balaban J connectivity index is 2.43. The molecule has 20 heavy (non-hydrogen) atoms. The largest absolute Gasteiger partial charge is 0.246 e. The maximum Gasteiger partial charge on any atom is 0.246 e. The third kappa shape index (κ3) is 2.69. The SMILES string of the molecule is C[C@@H]1C[C@H](C)CN(S(=O)(=O)c2ccc(F)c(F)c2F)C1. The van der Waals surface area contributed by atoms with Crippen molar-refractivity contribution < 1.29 is 21.6 Å². The number of benzene rings is 1. The molecule has 1 aromatic rings. The van der Waals surface area contributed by atoms with Crippen LogP contribution in [0.5, 0.6) is 0 Å². The Labute approximate surface area is 116 Å². The minimum Gasteiger partial charge on any atom is -0.207 e. The van der Waals surface area contributed by atoms with Gasteiger partial charge in [-0.2, -0.15) is 4.31 Å². The van der Waals surface area contributed by atoms with Crippen LogP contribution < -0.4 is 0 Å². The van der Waals surface area contributed by atoms with E-state index in [1.165, 1.54) is 0 Å². The second-order valence-electron chi connectivity index (χ2n) is 5.44. The van der Waals surface area contributed by atoms with Gasteiger partial charge in [-0.15, -0.1) is 0 Å². The Hall–Kier alpha value is -1.08. The monoisotopic (exact) mass is 307 g/mol. The van der Waals surface area contributed by atoms with E-state index in [1.807, 2.05) is 13.8 Å². The fourth-order valence-corrected chi connectivity index (χ4v) is 4.38. The summed E-state index contributed by atoms with van der Waals surface area (Å²) in [5.41, 5.74) is 0. The molecule has 0 aromatic heterocycles. The van der Waals surface area contributed by atoms with E-state index >= 15 is 0 Å². The molecule has 0 spiro atoms. The zero-order valence-corrected chi connectivity index (χ0v) is 12.1. The quantitative estimate of drug-likeness (QED) is 0.788. The van der Waals surface area contributed by atoms with Crippen LogP contribution >= 0.6 is 0 Å². The van der Waals surface area contributed by atoms with E-state index in [-0.39, 0.29) is 24.9 Å². The fraction of sp³-hybridized carbons (Fsp3) is 0.538. The van der Waals surface area contributed by atoms with Crippen LogP contribution in [0.4, 0.5) is 13.2 Å². The lowest BCUT2D eigenvalue weighted by atomic mass is 9.94. The van der Waals surface area contributed by atoms with Gasteiger partial charge in [-0.05, 0) is 30.4 Å². The van der Waals surface area contributed by atoms with Crippen molar-refractivity contribution in [2.75, 3.05) is 13.1 Å². The number of hydrogen-bond donors (Lipinski definition) is 0. The predicted octanol–water partition coefficient (Wildman–Crippen LogP) is 2.77. The van der Waals surface area contributed by atoms with Crippen molar-refractivity contribution in [2.45, 2.75) is 25.2 Å². The summed E-state index contributed by atoms with van der Waals surface area (Å²) in [4.78, 5) is -0.808. The van der Waals surface area contributed by atoms with Gasteiger partial charge in [-0.3, -0.25) is 0 Å². The van der Waals surface area contributed by atoms with Crippen LogP contribution in [0.15, 0.2) is 17.0 Å². The molecule has 0 aliphatic carbocycles. The molecule has 3 nitrogen and oxygen atoms in total. The van der Waals surface area contributed by atoms with E-state index in [0.29, 0.717) is 6.07 Å². The molecular formula is C13H16F3NO2S. The van der Waals surface area contributed by atoms with Gasteiger partial charge in [-0.1, -0.05) is 13.8 Å². The minimum atomic E-state index is -4.15. The smallest absolute Gasteiger partial charge is 0.207 e. The second-order valence-corrected chi connectivity index (χ2v) is 7.35. The van der Waals surface area contributed by atoms with E-state index in [4.69, 9.17) is 0 Å². The van der Waals surface area contributed by atoms with Crippen molar-refractivity contribution >= 4 is 10.0 Å². The lowest BCUT2D eigenvalue weighted by molar-refractivity contribution is 0.222. The summed E-state index contributed by atoms with van der Waals surface area (Å²) in [6.07, 6.45) is 0.881. The number of sulfonamides is 1. The zero-order chi connectivity index (χ0) is 15.1. The highest BCUT2D eigenvalue weighted by atomic mass is 32.2. The van der Waals surface area contributed by atoms with E-state index in [0.717, 1.165) is 16.8 Å². The van der Waals surface area contributed by atoms with Gasteiger partial charge in [-0.25, -0.2) is 21.6 Å². The van der Waals surface area contributed by atoms with Crippen molar-refractivity contribution in [1.82, 2.24) is 4.31 Å². The number of halogens is 3. The van der Waals surface area contributed by atoms with Gasteiger partial charge >= 0.3 is 0 Å². The Morgan fingerprint density at radius 2 is 1.60 bits per heavy atom. The van der Waals surface area contributed by atoms with E-state index in [1.54, 1.807) is 0 Å². The van der Waals surface area contributed by atoms with E-state index < -0.39 is 32.4 Å². The maximum atomic E-state index is 13.7. The minimum absolute atomic E-state index is 0.141. The molecule has 0 amide bonds. The Morgan fingerprint density at radius 3 is 2.15 bits per heavy atom. The Morgan fingerprint density at radius 1 is 1.05 bits per heavy atom. The molecule has 2 rings (SSSR count). The van der Waals surface area contributed by atoms with Gasteiger partial charge in [0.2, 0.25) is 10.0 Å². The van der Waals surface area contributed by atoms with Crippen LogP contribution in [-0.4, -0.2) is 25.8 Å². The van der Waals surface area contributed by atoms with Crippen LogP contribution in [0.1, 0.15) is 20.3 Å². The first kappa shape index (κ1) is 15.3. The van der Waals surface area contributed by atoms with Crippen LogP contribution in [0, 0.1) is 29.3 Å². The summed E-state index contributed by atoms with van der Waals surface area (Å²) in [6.45, 7) is 4.32. The number of hydrogen-bond acceptors (Lipinski definition) is 2. The third-order valence-corrected chi connectivity index (χ3v) is 5.30. The van der Waals surface area contributed by atoms with Gasteiger partial charge in [0.15, 0.2) is 17.5 Å². The average Bonchev–Trinajstić information content (AvgIpc) is 2.34. The van der Waals surface area contributed by atoms with Crippen molar-refractivity contribution in [3.63, 3.8) is 0 Å². The third-order valence-electron chi connectivity index (χ3n) is 3.45. The van der Waals surface area contributed by atoms with Gasteiger partial charge in [0.25, 0.3) is 0 Å². The van der Waals surface area contributed by atoms with Crippen molar-refractivity contribution in [2.24, 2.45) is 11.8 Å². The number of nitrogens with zero attached hydrogens (tertiary/aromatic N) is 1. The molecule has 1 aromatic carbocycles. The highest BCUT2D eigenvalue weighted by molar-refractivity contribution is 7.89. The van der Waals surface area contributed by atoms with Crippen LogP contribution in [0.3, 0.4) is 0 Å². The van der Waals surface area contributed by atoms with Crippen molar-refractivity contribution in [1.29, 1.82) is 0 Å². The van der Waals surface area contributed by atoms with E-state index in [2.05, 4.69) is 0 Å². The Bertz CT molecular complexity index is 608. The molecule has 1 aliphatic rings. The summed E-state index contributed by atoms with van der Waals surface area (Å²) >= 11 is 0. The van der Waals surface area contributed by atoms with Crippen molar-refractivity contribution in [3.05, 3.63) is 29.6 Å². The second kappa shape index (κ2) is 5.37. The molecule has 0 radical (unpaired) electrons. The Kier molecular flexibility index (Phi) is 4.11. The first-order valence-corrected chi connectivity index (χ1v) is 7.81.